The second-order valence-corrected chi connectivity index (χ2v) is 5.07. The smallest absolute Gasteiger partial charge is 0.121 e. The first-order valence-electron chi connectivity index (χ1n) is 6.52. The third-order valence-electron chi connectivity index (χ3n) is 3.73. The quantitative estimate of drug-likeness (QED) is 0.842. The van der Waals surface area contributed by atoms with Gasteiger partial charge < -0.3 is 15.2 Å². The SMILES string of the molecule is OCC1Cc2ccc(OC3CCCC3)cc2N1. The average Bonchev–Trinajstić information content (AvgIpc) is 2.96. The van der Waals surface area contributed by atoms with Gasteiger partial charge in [0.2, 0.25) is 0 Å². The number of rotatable bonds is 3. The molecule has 1 aliphatic heterocycles. The van der Waals surface area contributed by atoms with E-state index >= 15 is 0 Å². The molecule has 0 amide bonds. The highest BCUT2D eigenvalue weighted by molar-refractivity contribution is 5.59. The van der Waals surface area contributed by atoms with E-state index in [1.807, 2.05) is 0 Å². The van der Waals surface area contributed by atoms with Crippen LogP contribution in [-0.4, -0.2) is 23.9 Å². The maximum atomic E-state index is 9.14. The molecule has 0 aromatic heterocycles. The highest BCUT2D eigenvalue weighted by Crippen LogP contribution is 2.31. The van der Waals surface area contributed by atoms with Gasteiger partial charge in [-0.1, -0.05) is 6.07 Å². The molecule has 0 spiro atoms. The van der Waals surface area contributed by atoms with Gasteiger partial charge in [0.15, 0.2) is 0 Å². The summed E-state index contributed by atoms with van der Waals surface area (Å²) < 4.78 is 5.97. The summed E-state index contributed by atoms with van der Waals surface area (Å²) in [5, 5.41) is 12.5. The molecular formula is C14H19NO2. The Labute approximate surface area is 102 Å². The van der Waals surface area contributed by atoms with Crippen LogP contribution in [0.2, 0.25) is 0 Å². The maximum Gasteiger partial charge on any atom is 0.121 e. The molecule has 3 rings (SSSR count). The standard InChI is InChI=1S/C14H19NO2/c16-9-11-7-10-5-6-13(8-14(10)15-11)17-12-3-1-2-4-12/h5-6,8,11-12,15-16H,1-4,7,9H2. The van der Waals surface area contributed by atoms with Gasteiger partial charge in [-0.3, -0.25) is 0 Å². The van der Waals surface area contributed by atoms with E-state index in [1.54, 1.807) is 0 Å². The van der Waals surface area contributed by atoms with Crippen LogP contribution in [0.15, 0.2) is 18.2 Å². The average molecular weight is 233 g/mol. The van der Waals surface area contributed by atoms with Crippen LogP contribution in [0.5, 0.6) is 5.75 Å². The van der Waals surface area contributed by atoms with E-state index < -0.39 is 0 Å². The fourth-order valence-electron chi connectivity index (χ4n) is 2.79. The van der Waals surface area contributed by atoms with Crippen molar-refractivity contribution in [3.8, 4) is 5.75 Å². The van der Waals surface area contributed by atoms with Gasteiger partial charge in [-0.15, -0.1) is 0 Å². The van der Waals surface area contributed by atoms with Crippen LogP contribution in [0.4, 0.5) is 5.69 Å². The van der Waals surface area contributed by atoms with Crippen molar-refractivity contribution in [2.45, 2.75) is 44.2 Å². The zero-order valence-corrected chi connectivity index (χ0v) is 9.98. The summed E-state index contributed by atoms with van der Waals surface area (Å²) >= 11 is 0. The molecule has 2 aliphatic rings. The van der Waals surface area contributed by atoms with Gasteiger partial charge in [0, 0.05) is 11.8 Å². The Morgan fingerprint density at radius 3 is 2.88 bits per heavy atom. The first-order valence-corrected chi connectivity index (χ1v) is 6.52. The van der Waals surface area contributed by atoms with Crippen LogP contribution in [-0.2, 0) is 6.42 Å². The number of hydrogen-bond acceptors (Lipinski definition) is 3. The van der Waals surface area contributed by atoms with Crippen molar-refractivity contribution in [1.82, 2.24) is 0 Å². The van der Waals surface area contributed by atoms with Crippen molar-refractivity contribution in [1.29, 1.82) is 0 Å². The second kappa shape index (κ2) is 4.57. The summed E-state index contributed by atoms with van der Waals surface area (Å²) in [6, 6.07) is 6.41. The lowest BCUT2D eigenvalue weighted by molar-refractivity contribution is 0.210. The summed E-state index contributed by atoms with van der Waals surface area (Å²) in [7, 11) is 0. The normalized spacial score (nSPS) is 23.5. The van der Waals surface area contributed by atoms with E-state index in [0.29, 0.717) is 6.10 Å². The molecule has 0 saturated heterocycles. The Balaban J connectivity index is 1.71. The van der Waals surface area contributed by atoms with Gasteiger partial charge in [-0.25, -0.2) is 0 Å². The number of nitrogens with one attached hydrogen (secondary N) is 1. The fraction of sp³-hybridized carbons (Fsp3) is 0.571. The van der Waals surface area contributed by atoms with Gasteiger partial charge in [0.05, 0.1) is 18.8 Å². The molecule has 1 aromatic rings. The van der Waals surface area contributed by atoms with Crippen LogP contribution in [0.3, 0.4) is 0 Å². The lowest BCUT2D eigenvalue weighted by Gasteiger charge is -2.14. The predicted octanol–water partition coefficient (Wildman–Crippen LogP) is 2.34. The van der Waals surface area contributed by atoms with E-state index in [-0.39, 0.29) is 12.6 Å². The largest absolute Gasteiger partial charge is 0.490 e. The molecular weight excluding hydrogens is 214 g/mol. The zero-order chi connectivity index (χ0) is 11.7. The maximum absolute atomic E-state index is 9.14. The van der Waals surface area contributed by atoms with Crippen LogP contribution >= 0.6 is 0 Å². The highest BCUT2D eigenvalue weighted by atomic mass is 16.5. The lowest BCUT2D eigenvalue weighted by Crippen LogP contribution is -2.19. The Hall–Kier alpha value is -1.22. The molecule has 2 N–H and O–H groups in total. The third-order valence-corrected chi connectivity index (χ3v) is 3.73. The zero-order valence-electron chi connectivity index (χ0n) is 9.98. The Morgan fingerprint density at radius 1 is 1.29 bits per heavy atom. The molecule has 1 fully saturated rings. The third kappa shape index (κ3) is 2.25. The van der Waals surface area contributed by atoms with E-state index in [9.17, 15) is 0 Å². The number of fused-ring (bicyclic) bond motifs is 1. The van der Waals surface area contributed by atoms with E-state index in [4.69, 9.17) is 9.84 Å². The van der Waals surface area contributed by atoms with Crippen molar-refractivity contribution in [2.24, 2.45) is 0 Å². The van der Waals surface area contributed by atoms with Crippen molar-refractivity contribution >= 4 is 5.69 Å². The molecule has 1 saturated carbocycles. The van der Waals surface area contributed by atoms with Crippen molar-refractivity contribution in [2.75, 3.05) is 11.9 Å². The minimum Gasteiger partial charge on any atom is -0.490 e. The van der Waals surface area contributed by atoms with Gasteiger partial charge in [0.1, 0.15) is 5.75 Å². The number of aliphatic hydroxyl groups is 1. The first-order chi connectivity index (χ1) is 8.35. The molecule has 3 nitrogen and oxygen atoms in total. The summed E-state index contributed by atoms with van der Waals surface area (Å²) in [6.45, 7) is 0.188. The van der Waals surface area contributed by atoms with Gasteiger partial charge >= 0.3 is 0 Å². The molecule has 1 unspecified atom stereocenters. The molecule has 1 aromatic carbocycles. The second-order valence-electron chi connectivity index (χ2n) is 5.07. The predicted molar refractivity (Wildman–Crippen MR) is 67.5 cm³/mol. The molecule has 0 radical (unpaired) electrons. The molecule has 0 bridgehead atoms. The Bertz CT molecular complexity index is 399. The first kappa shape index (κ1) is 10.9. The monoisotopic (exact) mass is 233 g/mol. The fourth-order valence-corrected chi connectivity index (χ4v) is 2.79. The van der Waals surface area contributed by atoms with Gasteiger partial charge in [0.25, 0.3) is 0 Å². The van der Waals surface area contributed by atoms with Crippen molar-refractivity contribution in [3.63, 3.8) is 0 Å². The number of ether oxygens (including phenoxy) is 1. The Morgan fingerprint density at radius 2 is 2.12 bits per heavy atom. The minimum atomic E-state index is 0.173. The topological polar surface area (TPSA) is 41.5 Å². The molecule has 92 valence electrons. The Kier molecular flexibility index (Phi) is 2.93. The molecule has 1 atom stereocenters. The summed E-state index contributed by atoms with van der Waals surface area (Å²) in [5.74, 6) is 0.960. The van der Waals surface area contributed by atoms with Crippen LogP contribution in [0.1, 0.15) is 31.2 Å². The van der Waals surface area contributed by atoms with Crippen LogP contribution < -0.4 is 10.1 Å². The number of anilines is 1. The number of benzene rings is 1. The van der Waals surface area contributed by atoms with E-state index in [0.717, 1.165) is 17.9 Å². The molecule has 3 heteroatoms. The van der Waals surface area contributed by atoms with Crippen molar-refractivity contribution in [3.05, 3.63) is 23.8 Å². The number of aliphatic hydroxyl groups excluding tert-OH is 1. The van der Waals surface area contributed by atoms with Gasteiger partial charge in [-0.2, -0.15) is 0 Å². The highest BCUT2D eigenvalue weighted by Gasteiger charge is 2.21. The summed E-state index contributed by atoms with van der Waals surface area (Å²) in [4.78, 5) is 0. The summed E-state index contributed by atoms with van der Waals surface area (Å²) in [6.07, 6.45) is 6.27. The van der Waals surface area contributed by atoms with Gasteiger partial charge in [-0.05, 0) is 43.7 Å². The molecule has 1 aliphatic carbocycles. The molecule has 1 heterocycles. The molecule has 17 heavy (non-hydrogen) atoms. The minimum absolute atomic E-state index is 0.173. The van der Waals surface area contributed by atoms with E-state index in [2.05, 4.69) is 23.5 Å². The van der Waals surface area contributed by atoms with Crippen LogP contribution in [0, 0.1) is 0 Å². The number of hydrogen-bond donors (Lipinski definition) is 2. The lowest BCUT2D eigenvalue weighted by atomic mass is 10.1. The van der Waals surface area contributed by atoms with Crippen LogP contribution in [0.25, 0.3) is 0 Å². The van der Waals surface area contributed by atoms with E-state index in [1.165, 1.54) is 31.2 Å². The summed E-state index contributed by atoms with van der Waals surface area (Å²) in [5.41, 5.74) is 2.40. The van der Waals surface area contributed by atoms with Crippen molar-refractivity contribution < 1.29 is 9.84 Å².